The van der Waals surface area contributed by atoms with Crippen LogP contribution < -0.4 is 10.2 Å². The Morgan fingerprint density at radius 1 is 0.727 bits per heavy atom. The van der Waals surface area contributed by atoms with Gasteiger partial charge in [0, 0.05) is 51.7 Å². The average Bonchev–Trinajstić information content (AvgIpc) is 2.79. The smallest absolute Gasteiger partial charge is 0.872 e. The zero-order valence-corrected chi connectivity index (χ0v) is 20.6. The molecule has 0 amide bonds. The van der Waals surface area contributed by atoms with Gasteiger partial charge < -0.3 is 20.0 Å². The Hall–Kier alpha value is -2.21. The summed E-state index contributed by atoms with van der Waals surface area (Å²) in [6.45, 7) is 11.9. The van der Waals surface area contributed by atoms with Crippen LogP contribution in [0.5, 0.6) is 11.5 Å². The summed E-state index contributed by atoms with van der Waals surface area (Å²) < 4.78 is 0. The first kappa shape index (κ1) is 27.0. The van der Waals surface area contributed by atoms with Crippen molar-refractivity contribution in [3.63, 3.8) is 0 Å². The maximum Gasteiger partial charge on any atom is 2.00 e. The van der Waals surface area contributed by atoms with E-state index in [0.717, 1.165) is 76.3 Å². The minimum atomic E-state index is 0. The average molecular weight is 493 g/mol. The van der Waals surface area contributed by atoms with Gasteiger partial charge in [-0.05, 0) is 50.9 Å². The molecule has 0 atom stereocenters. The summed E-state index contributed by atoms with van der Waals surface area (Å²) in [7, 11) is 0. The topological polar surface area (TPSA) is 77.3 Å². The number of rotatable bonds is 10. The monoisotopic (exact) mass is 492 g/mol. The number of piperazine rings is 1. The van der Waals surface area contributed by atoms with Gasteiger partial charge in [0.05, 0.1) is 0 Å². The molecule has 0 N–H and O–H groups in total. The molecule has 1 aliphatic rings. The Bertz CT molecular complexity index is 849. The number of hydrogen-bond donors (Lipinski definition) is 0. The molecule has 1 saturated heterocycles. The molecule has 0 spiro atoms. The van der Waals surface area contributed by atoms with Crippen molar-refractivity contribution in [2.24, 2.45) is 9.98 Å². The number of aryl methyl sites for hydroxylation is 2. The van der Waals surface area contributed by atoms with Gasteiger partial charge in [-0.15, -0.1) is 11.5 Å². The number of aliphatic imine (C=N–C) groups is 2. The van der Waals surface area contributed by atoms with E-state index >= 15 is 0 Å². The fourth-order valence-corrected chi connectivity index (χ4v) is 3.87. The second kappa shape index (κ2) is 14.1. The summed E-state index contributed by atoms with van der Waals surface area (Å²) in [6.07, 6.45) is 5.44. The van der Waals surface area contributed by atoms with Crippen molar-refractivity contribution >= 4 is 12.4 Å². The Labute approximate surface area is 208 Å². The van der Waals surface area contributed by atoms with Crippen molar-refractivity contribution in [3.8, 4) is 11.5 Å². The molecule has 6 nitrogen and oxygen atoms in total. The van der Waals surface area contributed by atoms with Crippen LogP contribution in [0.25, 0.3) is 0 Å². The Morgan fingerprint density at radius 3 is 1.52 bits per heavy atom. The van der Waals surface area contributed by atoms with Crippen LogP contribution in [0.3, 0.4) is 0 Å². The number of hydrogen-bond acceptors (Lipinski definition) is 6. The van der Waals surface area contributed by atoms with Gasteiger partial charge in [0.2, 0.25) is 0 Å². The molecule has 0 aliphatic carbocycles. The summed E-state index contributed by atoms with van der Waals surface area (Å²) >= 11 is 0. The van der Waals surface area contributed by atoms with Crippen molar-refractivity contribution < 1.29 is 26.7 Å². The molecule has 0 unspecified atom stereocenters. The molecule has 0 radical (unpaired) electrons. The molecular formula is C26H34N4NiO2. The van der Waals surface area contributed by atoms with Crippen LogP contribution in [0.2, 0.25) is 0 Å². The van der Waals surface area contributed by atoms with Crippen LogP contribution in [0.4, 0.5) is 0 Å². The Balaban J connectivity index is 0.00000385. The van der Waals surface area contributed by atoms with Crippen molar-refractivity contribution in [2.75, 3.05) is 52.4 Å². The van der Waals surface area contributed by atoms with E-state index in [1.807, 2.05) is 38.1 Å². The Morgan fingerprint density at radius 2 is 1.12 bits per heavy atom. The molecule has 3 rings (SSSR count). The van der Waals surface area contributed by atoms with E-state index in [-0.39, 0.29) is 28.0 Å². The van der Waals surface area contributed by atoms with E-state index in [9.17, 15) is 10.2 Å². The van der Waals surface area contributed by atoms with Crippen LogP contribution in [0.15, 0.2) is 46.4 Å². The van der Waals surface area contributed by atoms with Crippen molar-refractivity contribution in [1.29, 1.82) is 0 Å². The van der Waals surface area contributed by atoms with Crippen LogP contribution in [-0.2, 0) is 16.5 Å². The molecule has 2 aromatic carbocycles. The molecule has 0 aromatic heterocycles. The van der Waals surface area contributed by atoms with E-state index in [1.54, 1.807) is 24.6 Å². The van der Waals surface area contributed by atoms with Gasteiger partial charge in [0.25, 0.3) is 0 Å². The zero-order chi connectivity index (χ0) is 22.8. The molecule has 7 heteroatoms. The summed E-state index contributed by atoms with van der Waals surface area (Å²) in [5, 5.41) is 23.6. The third-order valence-corrected chi connectivity index (χ3v) is 5.78. The number of benzene rings is 2. The number of nitrogens with zero attached hydrogens (tertiary/aromatic N) is 4. The third-order valence-electron chi connectivity index (χ3n) is 5.78. The van der Waals surface area contributed by atoms with Crippen molar-refractivity contribution in [3.05, 3.63) is 58.7 Å². The van der Waals surface area contributed by atoms with Gasteiger partial charge in [-0.2, -0.15) is 0 Å². The molecule has 0 bridgehead atoms. The summed E-state index contributed by atoms with van der Waals surface area (Å²) in [5.74, 6) is 0.0676. The van der Waals surface area contributed by atoms with Gasteiger partial charge in [-0.25, -0.2) is 0 Å². The van der Waals surface area contributed by atoms with E-state index in [2.05, 4.69) is 19.8 Å². The first-order chi connectivity index (χ1) is 15.5. The molecule has 2 aromatic rings. The quantitative estimate of drug-likeness (QED) is 0.290. The minimum Gasteiger partial charge on any atom is -0.872 e. The van der Waals surface area contributed by atoms with E-state index in [0.29, 0.717) is 11.1 Å². The summed E-state index contributed by atoms with van der Waals surface area (Å²) in [5.41, 5.74) is 3.52. The van der Waals surface area contributed by atoms with E-state index in [1.165, 1.54) is 0 Å². The van der Waals surface area contributed by atoms with Gasteiger partial charge in [-0.1, -0.05) is 47.5 Å². The van der Waals surface area contributed by atoms with Crippen LogP contribution >= 0.6 is 0 Å². The second-order valence-corrected chi connectivity index (χ2v) is 8.54. The van der Waals surface area contributed by atoms with Crippen molar-refractivity contribution in [2.45, 2.75) is 26.7 Å². The first-order valence-electron chi connectivity index (χ1n) is 11.5. The van der Waals surface area contributed by atoms with Gasteiger partial charge in [0.1, 0.15) is 0 Å². The van der Waals surface area contributed by atoms with Gasteiger partial charge >= 0.3 is 16.5 Å². The second-order valence-electron chi connectivity index (χ2n) is 8.54. The molecular weight excluding hydrogens is 459 g/mol. The maximum absolute atomic E-state index is 11.8. The first-order valence-corrected chi connectivity index (χ1v) is 11.5. The largest absolute Gasteiger partial charge is 2.00 e. The maximum atomic E-state index is 11.8. The molecule has 33 heavy (non-hydrogen) atoms. The molecule has 0 saturated carbocycles. The minimum absolute atomic E-state index is 0. The normalized spacial score (nSPS) is 15.3. The fraction of sp³-hybridized carbons (Fsp3) is 0.462. The van der Waals surface area contributed by atoms with Crippen molar-refractivity contribution in [1.82, 2.24) is 9.80 Å². The molecule has 1 heterocycles. The van der Waals surface area contributed by atoms with Gasteiger partial charge in [0.15, 0.2) is 0 Å². The van der Waals surface area contributed by atoms with Gasteiger partial charge in [-0.3, -0.25) is 9.98 Å². The fourth-order valence-electron chi connectivity index (χ4n) is 3.87. The van der Waals surface area contributed by atoms with Crippen LogP contribution in [0, 0.1) is 13.8 Å². The van der Waals surface area contributed by atoms with E-state index < -0.39 is 0 Å². The van der Waals surface area contributed by atoms with E-state index in [4.69, 9.17) is 0 Å². The van der Waals surface area contributed by atoms with Crippen LogP contribution in [0.1, 0.15) is 35.1 Å². The summed E-state index contributed by atoms with van der Waals surface area (Å²) in [6, 6.07) is 10.7. The predicted molar refractivity (Wildman–Crippen MR) is 128 cm³/mol. The SMILES string of the molecule is Cc1ccc([O-])c(C=NCCCN2CCN(CCCN=Cc3cc(C)ccc3[O-])CC2)c1.[Ni+2]. The Kier molecular flexibility index (Phi) is 11.6. The predicted octanol–water partition coefficient (Wildman–Crippen LogP) is 2.38. The molecule has 180 valence electrons. The zero-order valence-electron chi connectivity index (χ0n) is 19.6. The molecule has 1 fully saturated rings. The standard InChI is InChI=1S/C26H36N4O2.Ni/c1-21-5-7-25(31)23(17-21)19-27-9-3-11-29-13-15-30(16-14-29)12-4-10-28-20-24-18-22(2)6-8-26(24)32;/h5-8,17-20,31-32H,3-4,9-16H2,1-2H3;/q;+2/p-2. The summed E-state index contributed by atoms with van der Waals surface area (Å²) in [4.78, 5) is 13.9. The third kappa shape index (κ3) is 9.28. The molecule has 1 aliphatic heterocycles. The van der Waals surface area contributed by atoms with Crippen LogP contribution in [-0.4, -0.2) is 74.6 Å².